The predicted molar refractivity (Wildman–Crippen MR) is 98.3 cm³/mol. The van der Waals surface area contributed by atoms with E-state index in [0.29, 0.717) is 25.5 Å². The zero-order valence-electron chi connectivity index (χ0n) is 13.0. The lowest BCUT2D eigenvalue weighted by atomic mass is 10.2. The van der Waals surface area contributed by atoms with Gasteiger partial charge in [-0.1, -0.05) is 28.1 Å². The molecular formula is C16H20BrClN4O2. The van der Waals surface area contributed by atoms with Crippen molar-refractivity contribution in [1.82, 2.24) is 9.55 Å². The minimum atomic E-state index is -0.443. The monoisotopic (exact) mass is 414 g/mol. The molecule has 2 heterocycles. The SMILES string of the molecule is Cl.NC[C@H]1CC[C@@H](C(=O)Nc2nccn2Cc2ccc(Br)cc2)O1. The number of nitrogens with one attached hydrogen (secondary N) is 1. The molecule has 1 aromatic carbocycles. The van der Waals surface area contributed by atoms with Gasteiger partial charge in [0.05, 0.1) is 12.6 Å². The van der Waals surface area contributed by atoms with Gasteiger partial charge in [0, 0.05) is 23.4 Å². The number of anilines is 1. The van der Waals surface area contributed by atoms with Crippen LogP contribution in [0.2, 0.25) is 0 Å². The highest BCUT2D eigenvalue weighted by molar-refractivity contribution is 9.10. The number of rotatable bonds is 5. The molecule has 130 valence electrons. The van der Waals surface area contributed by atoms with E-state index in [4.69, 9.17) is 10.5 Å². The highest BCUT2D eigenvalue weighted by atomic mass is 79.9. The van der Waals surface area contributed by atoms with Gasteiger partial charge in [-0.3, -0.25) is 10.1 Å². The summed E-state index contributed by atoms with van der Waals surface area (Å²) in [4.78, 5) is 16.5. The average Bonchev–Trinajstić information content (AvgIpc) is 3.19. The maximum absolute atomic E-state index is 12.3. The molecule has 0 aliphatic carbocycles. The van der Waals surface area contributed by atoms with Gasteiger partial charge in [-0.2, -0.15) is 0 Å². The highest BCUT2D eigenvalue weighted by Gasteiger charge is 2.30. The molecule has 1 saturated heterocycles. The van der Waals surface area contributed by atoms with Crippen LogP contribution >= 0.6 is 28.3 Å². The van der Waals surface area contributed by atoms with Crippen LogP contribution in [0.4, 0.5) is 5.95 Å². The number of amides is 1. The molecule has 2 aromatic rings. The highest BCUT2D eigenvalue weighted by Crippen LogP contribution is 2.20. The van der Waals surface area contributed by atoms with Crippen molar-refractivity contribution in [3.63, 3.8) is 0 Å². The van der Waals surface area contributed by atoms with Crippen molar-refractivity contribution in [3.05, 3.63) is 46.7 Å². The first-order chi connectivity index (χ1) is 11.2. The van der Waals surface area contributed by atoms with Gasteiger partial charge >= 0.3 is 0 Å². The second-order valence-corrected chi connectivity index (χ2v) is 6.47. The number of carbonyl (C=O) groups excluding carboxylic acids is 1. The van der Waals surface area contributed by atoms with Gasteiger partial charge in [-0.05, 0) is 30.5 Å². The number of ether oxygens (including phenoxy) is 1. The molecule has 6 nitrogen and oxygen atoms in total. The quantitative estimate of drug-likeness (QED) is 0.786. The summed E-state index contributed by atoms with van der Waals surface area (Å²) in [5, 5.41) is 2.85. The molecule has 24 heavy (non-hydrogen) atoms. The number of halogens is 2. The van der Waals surface area contributed by atoms with Crippen molar-refractivity contribution >= 4 is 40.2 Å². The van der Waals surface area contributed by atoms with Crippen LogP contribution in [0, 0.1) is 0 Å². The molecule has 1 aliphatic heterocycles. The smallest absolute Gasteiger partial charge is 0.255 e. The molecule has 3 rings (SSSR count). The molecule has 0 saturated carbocycles. The normalized spacial score (nSPS) is 19.8. The Bertz CT molecular complexity index is 677. The summed E-state index contributed by atoms with van der Waals surface area (Å²) in [5.41, 5.74) is 6.70. The predicted octanol–water partition coefficient (Wildman–Crippen LogP) is 2.56. The minimum absolute atomic E-state index is 0. The van der Waals surface area contributed by atoms with E-state index in [1.54, 1.807) is 6.20 Å². The first-order valence-corrected chi connectivity index (χ1v) is 8.37. The molecule has 0 bridgehead atoms. The number of hydrogen-bond acceptors (Lipinski definition) is 4. The number of carbonyl (C=O) groups is 1. The van der Waals surface area contributed by atoms with Crippen LogP contribution < -0.4 is 11.1 Å². The van der Waals surface area contributed by atoms with Crippen molar-refractivity contribution in [1.29, 1.82) is 0 Å². The Balaban J connectivity index is 0.00000208. The first kappa shape index (κ1) is 18.9. The van der Waals surface area contributed by atoms with Crippen molar-refractivity contribution in [3.8, 4) is 0 Å². The molecule has 0 spiro atoms. The number of nitrogens with two attached hydrogens (primary N) is 1. The average molecular weight is 416 g/mol. The fraction of sp³-hybridized carbons (Fsp3) is 0.375. The zero-order chi connectivity index (χ0) is 16.2. The fourth-order valence-electron chi connectivity index (χ4n) is 2.61. The molecule has 1 aromatic heterocycles. The summed E-state index contributed by atoms with van der Waals surface area (Å²) in [7, 11) is 0. The van der Waals surface area contributed by atoms with Crippen LogP contribution in [0.15, 0.2) is 41.1 Å². The van der Waals surface area contributed by atoms with E-state index in [1.165, 1.54) is 0 Å². The maximum atomic E-state index is 12.3. The molecule has 0 unspecified atom stereocenters. The summed E-state index contributed by atoms with van der Waals surface area (Å²) < 4.78 is 8.55. The van der Waals surface area contributed by atoms with Crippen molar-refractivity contribution in [2.75, 3.05) is 11.9 Å². The summed E-state index contributed by atoms with van der Waals surface area (Å²) in [5.74, 6) is 0.363. The second kappa shape index (κ2) is 8.62. The van der Waals surface area contributed by atoms with Crippen molar-refractivity contribution < 1.29 is 9.53 Å². The Morgan fingerprint density at radius 1 is 1.38 bits per heavy atom. The van der Waals surface area contributed by atoms with Gasteiger partial charge in [0.15, 0.2) is 0 Å². The molecule has 1 fully saturated rings. The minimum Gasteiger partial charge on any atom is -0.364 e. The summed E-state index contributed by atoms with van der Waals surface area (Å²) >= 11 is 3.42. The summed E-state index contributed by atoms with van der Waals surface area (Å²) in [6.45, 7) is 1.09. The van der Waals surface area contributed by atoms with Gasteiger partial charge in [0.25, 0.3) is 5.91 Å². The van der Waals surface area contributed by atoms with E-state index in [-0.39, 0.29) is 24.4 Å². The third-order valence-corrected chi connectivity index (χ3v) is 4.41. The van der Waals surface area contributed by atoms with E-state index in [2.05, 4.69) is 26.2 Å². The third kappa shape index (κ3) is 4.57. The standard InChI is InChI=1S/C16H19BrN4O2.ClH/c17-12-3-1-11(2-4-12)10-21-8-7-19-16(21)20-15(22)14-6-5-13(9-18)23-14;/h1-4,7-8,13-14H,5-6,9-10,18H2,(H,19,20,22);1H/t13-,14+;/m1./s1. The van der Waals surface area contributed by atoms with E-state index in [1.807, 2.05) is 35.0 Å². The van der Waals surface area contributed by atoms with Gasteiger partial charge in [-0.25, -0.2) is 4.98 Å². The lowest BCUT2D eigenvalue weighted by Gasteiger charge is -2.13. The number of aromatic nitrogens is 2. The first-order valence-electron chi connectivity index (χ1n) is 7.57. The van der Waals surface area contributed by atoms with Gasteiger partial charge in [0.1, 0.15) is 6.10 Å². The lowest BCUT2D eigenvalue weighted by molar-refractivity contribution is -0.126. The Morgan fingerprint density at radius 2 is 2.12 bits per heavy atom. The largest absolute Gasteiger partial charge is 0.364 e. The molecule has 0 radical (unpaired) electrons. The fourth-order valence-corrected chi connectivity index (χ4v) is 2.87. The Hall–Kier alpha value is -1.41. The van der Waals surface area contributed by atoms with E-state index in [0.717, 1.165) is 16.5 Å². The topological polar surface area (TPSA) is 82.2 Å². The summed E-state index contributed by atoms with van der Waals surface area (Å²) in [6, 6.07) is 8.04. The third-order valence-electron chi connectivity index (χ3n) is 3.88. The van der Waals surface area contributed by atoms with Crippen LogP contribution in [-0.4, -0.2) is 34.2 Å². The maximum Gasteiger partial charge on any atom is 0.255 e. The summed E-state index contributed by atoms with van der Waals surface area (Å²) in [6.07, 6.45) is 4.57. The van der Waals surface area contributed by atoms with Crippen LogP contribution in [0.5, 0.6) is 0 Å². The number of nitrogens with zero attached hydrogens (tertiary/aromatic N) is 2. The second-order valence-electron chi connectivity index (χ2n) is 5.55. The van der Waals surface area contributed by atoms with Gasteiger partial charge in [0.2, 0.25) is 5.95 Å². The van der Waals surface area contributed by atoms with Crippen molar-refractivity contribution in [2.24, 2.45) is 5.73 Å². The molecule has 1 aliphatic rings. The molecular weight excluding hydrogens is 396 g/mol. The Kier molecular flexibility index (Phi) is 6.79. The van der Waals surface area contributed by atoms with E-state index >= 15 is 0 Å². The van der Waals surface area contributed by atoms with E-state index in [9.17, 15) is 4.79 Å². The van der Waals surface area contributed by atoms with Crippen molar-refractivity contribution in [2.45, 2.75) is 31.6 Å². The van der Waals surface area contributed by atoms with Crippen LogP contribution in [0.25, 0.3) is 0 Å². The molecule has 8 heteroatoms. The molecule has 2 atom stereocenters. The Morgan fingerprint density at radius 3 is 2.79 bits per heavy atom. The van der Waals surface area contributed by atoms with Gasteiger partial charge < -0.3 is 15.0 Å². The number of hydrogen-bond donors (Lipinski definition) is 2. The van der Waals surface area contributed by atoms with Crippen LogP contribution in [0.1, 0.15) is 18.4 Å². The van der Waals surface area contributed by atoms with E-state index < -0.39 is 6.10 Å². The number of imidazole rings is 1. The molecule has 3 N–H and O–H groups in total. The number of benzene rings is 1. The Labute approximate surface area is 155 Å². The van der Waals surface area contributed by atoms with Crippen LogP contribution in [0.3, 0.4) is 0 Å². The molecule has 1 amide bonds. The zero-order valence-corrected chi connectivity index (χ0v) is 15.4. The van der Waals surface area contributed by atoms with Gasteiger partial charge in [-0.15, -0.1) is 12.4 Å². The lowest BCUT2D eigenvalue weighted by Crippen LogP contribution is -2.30. The van der Waals surface area contributed by atoms with Crippen LogP contribution in [-0.2, 0) is 16.1 Å².